The van der Waals surface area contributed by atoms with Crippen LogP contribution in [-0.2, 0) is 7.05 Å². The number of para-hydroxylation sites is 1. The van der Waals surface area contributed by atoms with Crippen LogP contribution in [0, 0.1) is 6.92 Å². The SMILES string of the molecule is Cc1c(/C=N/NC(=O)c2ccc3c(c2)OCO3)c2ccccc2n1C. The van der Waals surface area contributed by atoms with Crippen LogP contribution in [0.15, 0.2) is 47.6 Å². The summed E-state index contributed by atoms with van der Waals surface area (Å²) >= 11 is 0. The summed E-state index contributed by atoms with van der Waals surface area (Å²) in [7, 11) is 2.01. The fourth-order valence-electron chi connectivity index (χ4n) is 2.97. The predicted molar refractivity (Wildman–Crippen MR) is 95.3 cm³/mol. The maximum absolute atomic E-state index is 12.3. The zero-order valence-electron chi connectivity index (χ0n) is 13.9. The number of hydrazone groups is 1. The summed E-state index contributed by atoms with van der Waals surface area (Å²) in [5, 5.41) is 5.23. The molecule has 1 aromatic heterocycles. The van der Waals surface area contributed by atoms with E-state index in [1.54, 1.807) is 24.4 Å². The normalized spacial score (nSPS) is 12.9. The van der Waals surface area contributed by atoms with E-state index in [0.29, 0.717) is 17.1 Å². The third kappa shape index (κ3) is 2.61. The van der Waals surface area contributed by atoms with Crippen molar-refractivity contribution < 1.29 is 14.3 Å². The van der Waals surface area contributed by atoms with Gasteiger partial charge in [0.05, 0.1) is 6.21 Å². The monoisotopic (exact) mass is 335 g/mol. The molecule has 25 heavy (non-hydrogen) atoms. The van der Waals surface area contributed by atoms with Crippen LogP contribution in [0.1, 0.15) is 21.6 Å². The maximum Gasteiger partial charge on any atom is 0.271 e. The molecule has 0 unspecified atom stereocenters. The Morgan fingerprint density at radius 2 is 2.00 bits per heavy atom. The van der Waals surface area contributed by atoms with Gasteiger partial charge >= 0.3 is 0 Å². The number of fused-ring (bicyclic) bond motifs is 2. The number of rotatable bonds is 3. The van der Waals surface area contributed by atoms with E-state index in [4.69, 9.17) is 9.47 Å². The van der Waals surface area contributed by atoms with E-state index in [2.05, 4.69) is 21.2 Å². The molecule has 1 aliphatic heterocycles. The lowest BCUT2D eigenvalue weighted by molar-refractivity contribution is 0.0954. The second kappa shape index (κ2) is 5.98. The van der Waals surface area contributed by atoms with E-state index in [-0.39, 0.29) is 12.7 Å². The van der Waals surface area contributed by atoms with Crippen molar-refractivity contribution in [2.24, 2.45) is 12.1 Å². The molecular weight excluding hydrogens is 318 g/mol. The lowest BCUT2D eigenvalue weighted by Crippen LogP contribution is -2.17. The average Bonchev–Trinajstić information content (AvgIpc) is 3.20. The van der Waals surface area contributed by atoms with Crippen molar-refractivity contribution in [3.63, 3.8) is 0 Å². The molecule has 1 N–H and O–H groups in total. The number of aryl methyl sites for hydroxylation is 1. The summed E-state index contributed by atoms with van der Waals surface area (Å²) < 4.78 is 12.6. The van der Waals surface area contributed by atoms with Gasteiger partial charge in [-0.1, -0.05) is 18.2 Å². The van der Waals surface area contributed by atoms with Crippen LogP contribution in [0.2, 0.25) is 0 Å². The minimum atomic E-state index is -0.299. The lowest BCUT2D eigenvalue weighted by Gasteiger charge is -2.02. The van der Waals surface area contributed by atoms with Crippen molar-refractivity contribution in [1.82, 2.24) is 9.99 Å². The smallest absolute Gasteiger partial charge is 0.271 e. The van der Waals surface area contributed by atoms with Crippen LogP contribution in [0.4, 0.5) is 0 Å². The maximum atomic E-state index is 12.3. The molecule has 0 radical (unpaired) electrons. The molecule has 0 saturated heterocycles. The number of amides is 1. The highest BCUT2D eigenvalue weighted by atomic mass is 16.7. The first-order chi connectivity index (χ1) is 12.1. The van der Waals surface area contributed by atoms with Gasteiger partial charge < -0.3 is 14.0 Å². The highest BCUT2D eigenvalue weighted by Crippen LogP contribution is 2.32. The Labute approximate surface area is 144 Å². The van der Waals surface area contributed by atoms with Gasteiger partial charge in [0.1, 0.15) is 0 Å². The van der Waals surface area contributed by atoms with Gasteiger partial charge in [-0.3, -0.25) is 4.79 Å². The molecule has 1 amide bonds. The number of hydrogen-bond acceptors (Lipinski definition) is 4. The fourth-order valence-corrected chi connectivity index (χ4v) is 2.97. The molecular formula is C19H17N3O3. The fraction of sp³-hybridized carbons (Fsp3) is 0.158. The largest absolute Gasteiger partial charge is 0.454 e. The minimum Gasteiger partial charge on any atom is -0.454 e. The Hall–Kier alpha value is -3.28. The molecule has 0 saturated carbocycles. The molecule has 3 aromatic rings. The summed E-state index contributed by atoms with van der Waals surface area (Å²) in [6.07, 6.45) is 1.68. The second-order valence-corrected chi connectivity index (χ2v) is 5.84. The molecule has 0 atom stereocenters. The molecule has 6 heteroatoms. The van der Waals surface area contributed by atoms with Crippen molar-refractivity contribution in [3.8, 4) is 11.5 Å². The number of hydrogen-bond donors (Lipinski definition) is 1. The number of nitrogens with zero attached hydrogens (tertiary/aromatic N) is 2. The third-order valence-electron chi connectivity index (χ3n) is 4.44. The Kier molecular flexibility index (Phi) is 3.65. The van der Waals surface area contributed by atoms with Crippen LogP contribution >= 0.6 is 0 Å². The molecule has 1 aliphatic rings. The molecule has 2 aromatic carbocycles. The third-order valence-corrected chi connectivity index (χ3v) is 4.44. The highest BCUT2D eigenvalue weighted by Gasteiger charge is 2.16. The van der Waals surface area contributed by atoms with Crippen LogP contribution in [0.25, 0.3) is 10.9 Å². The molecule has 2 heterocycles. The second-order valence-electron chi connectivity index (χ2n) is 5.84. The Bertz CT molecular complexity index is 1000. The van der Waals surface area contributed by atoms with Crippen molar-refractivity contribution in [3.05, 3.63) is 59.3 Å². The lowest BCUT2D eigenvalue weighted by atomic mass is 10.1. The zero-order valence-corrected chi connectivity index (χ0v) is 13.9. The molecule has 4 rings (SSSR count). The number of aromatic nitrogens is 1. The van der Waals surface area contributed by atoms with Gasteiger partial charge in [-0.05, 0) is 31.2 Å². The number of carbonyl (C=O) groups is 1. The van der Waals surface area contributed by atoms with E-state index < -0.39 is 0 Å². The first-order valence-corrected chi connectivity index (χ1v) is 7.92. The van der Waals surface area contributed by atoms with Gasteiger partial charge in [0, 0.05) is 34.8 Å². The summed E-state index contributed by atoms with van der Waals surface area (Å²) in [5.41, 5.74) is 6.24. The van der Waals surface area contributed by atoms with Crippen molar-refractivity contribution in [2.75, 3.05) is 6.79 Å². The Morgan fingerprint density at radius 3 is 2.88 bits per heavy atom. The van der Waals surface area contributed by atoms with E-state index >= 15 is 0 Å². The Morgan fingerprint density at radius 1 is 1.20 bits per heavy atom. The standard InChI is InChI=1S/C19H17N3O3/c1-12-15(14-5-3-4-6-16(14)22(12)2)10-20-21-19(23)13-7-8-17-18(9-13)25-11-24-17/h3-10H,11H2,1-2H3,(H,21,23)/b20-10+. The van der Waals surface area contributed by atoms with Crippen molar-refractivity contribution >= 4 is 23.0 Å². The molecule has 0 aliphatic carbocycles. The number of benzene rings is 2. The summed E-state index contributed by atoms with van der Waals surface area (Å²) in [6, 6.07) is 13.1. The van der Waals surface area contributed by atoms with Crippen molar-refractivity contribution in [1.29, 1.82) is 0 Å². The minimum absolute atomic E-state index is 0.179. The quantitative estimate of drug-likeness (QED) is 0.591. The van der Waals surface area contributed by atoms with Crippen LogP contribution in [-0.4, -0.2) is 23.5 Å². The predicted octanol–water partition coefficient (Wildman–Crippen LogP) is 2.98. The van der Waals surface area contributed by atoms with Gasteiger partial charge in [-0.15, -0.1) is 0 Å². The van der Waals surface area contributed by atoms with Crippen molar-refractivity contribution in [2.45, 2.75) is 6.92 Å². The van der Waals surface area contributed by atoms with Gasteiger partial charge in [-0.2, -0.15) is 5.10 Å². The molecule has 6 nitrogen and oxygen atoms in total. The van der Waals surface area contributed by atoms with E-state index in [1.165, 1.54) is 0 Å². The zero-order chi connectivity index (χ0) is 17.4. The van der Waals surface area contributed by atoms with Gasteiger partial charge in [0.25, 0.3) is 5.91 Å². The van der Waals surface area contributed by atoms with Gasteiger partial charge in [0.2, 0.25) is 6.79 Å². The summed E-state index contributed by atoms with van der Waals surface area (Å²) in [4.78, 5) is 12.3. The van der Waals surface area contributed by atoms with Crippen LogP contribution < -0.4 is 14.9 Å². The number of nitrogens with one attached hydrogen (secondary N) is 1. The molecule has 126 valence electrons. The van der Waals surface area contributed by atoms with Crippen LogP contribution in [0.3, 0.4) is 0 Å². The first-order valence-electron chi connectivity index (χ1n) is 7.92. The van der Waals surface area contributed by atoms with Gasteiger partial charge in [0.15, 0.2) is 11.5 Å². The van der Waals surface area contributed by atoms with Crippen LogP contribution in [0.5, 0.6) is 11.5 Å². The summed E-state index contributed by atoms with van der Waals surface area (Å²) in [5.74, 6) is 0.917. The van der Waals surface area contributed by atoms with Gasteiger partial charge in [-0.25, -0.2) is 5.43 Å². The Balaban J connectivity index is 1.55. The van der Waals surface area contributed by atoms with E-state index in [0.717, 1.165) is 22.2 Å². The van der Waals surface area contributed by atoms with E-state index in [1.807, 2.05) is 32.2 Å². The first kappa shape index (κ1) is 15.3. The topological polar surface area (TPSA) is 64.8 Å². The molecule has 0 bridgehead atoms. The molecule has 0 fully saturated rings. The number of carbonyl (C=O) groups excluding carboxylic acids is 1. The van der Waals surface area contributed by atoms with E-state index in [9.17, 15) is 4.79 Å². The number of ether oxygens (including phenoxy) is 2. The summed E-state index contributed by atoms with van der Waals surface area (Å²) in [6.45, 7) is 2.21. The molecule has 0 spiro atoms. The average molecular weight is 335 g/mol. The highest BCUT2D eigenvalue weighted by molar-refractivity contribution is 6.02.